The standard InChI is InChI=1S/C7H13NO/c1-8(2)7-3-5-9-6-4-7/h3,5,7H,4,6H2,1-2H3. The van der Waals surface area contributed by atoms with Gasteiger partial charge in [-0.15, -0.1) is 0 Å². The fourth-order valence-corrected chi connectivity index (χ4v) is 0.930. The zero-order chi connectivity index (χ0) is 6.69. The van der Waals surface area contributed by atoms with Gasteiger partial charge in [0.15, 0.2) is 0 Å². The Morgan fingerprint density at radius 1 is 1.56 bits per heavy atom. The third-order valence-electron chi connectivity index (χ3n) is 1.59. The van der Waals surface area contributed by atoms with Crippen molar-refractivity contribution in [1.82, 2.24) is 4.90 Å². The average Bonchev–Trinajstić information content (AvgIpc) is 1.90. The van der Waals surface area contributed by atoms with Gasteiger partial charge in [0.1, 0.15) is 0 Å². The van der Waals surface area contributed by atoms with Gasteiger partial charge >= 0.3 is 0 Å². The predicted octanol–water partition coefficient (Wildman–Crippen LogP) is 0.851. The first-order valence-electron chi connectivity index (χ1n) is 3.25. The Morgan fingerprint density at radius 2 is 2.33 bits per heavy atom. The summed E-state index contributed by atoms with van der Waals surface area (Å²) in [4.78, 5) is 2.19. The molecular formula is C7H13NO. The third kappa shape index (κ3) is 1.72. The summed E-state index contributed by atoms with van der Waals surface area (Å²) in [6, 6.07) is 0.582. The van der Waals surface area contributed by atoms with E-state index in [0.717, 1.165) is 13.0 Å². The molecule has 0 saturated carbocycles. The van der Waals surface area contributed by atoms with Crippen LogP contribution in [0.3, 0.4) is 0 Å². The smallest absolute Gasteiger partial charge is 0.0891 e. The predicted molar refractivity (Wildman–Crippen MR) is 37.2 cm³/mol. The van der Waals surface area contributed by atoms with E-state index in [2.05, 4.69) is 25.1 Å². The van der Waals surface area contributed by atoms with E-state index in [-0.39, 0.29) is 0 Å². The number of rotatable bonds is 1. The second-order valence-corrected chi connectivity index (χ2v) is 2.52. The molecule has 1 aliphatic rings. The molecule has 1 unspecified atom stereocenters. The lowest BCUT2D eigenvalue weighted by atomic mass is 10.2. The van der Waals surface area contributed by atoms with Crippen molar-refractivity contribution in [2.24, 2.45) is 0 Å². The number of hydrogen-bond donors (Lipinski definition) is 0. The van der Waals surface area contributed by atoms with Gasteiger partial charge in [0, 0.05) is 12.5 Å². The van der Waals surface area contributed by atoms with Crippen LogP contribution in [0.15, 0.2) is 12.3 Å². The molecule has 52 valence electrons. The summed E-state index contributed by atoms with van der Waals surface area (Å²) in [6.07, 6.45) is 4.99. The summed E-state index contributed by atoms with van der Waals surface area (Å²) >= 11 is 0. The summed E-state index contributed by atoms with van der Waals surface area (Å²) in [7, 11) is 4.17. The van der Waals surface area contributed by atoms with Gasteiger partial charge < -0.3 is 9.64 Å². The van der Waals surface area contributed by atoms with Crippen LogP contribution in [0, 0.1) is 0 Å². The zero-order valence-electron chi connectivity index (χ0n) is 6.00. The molecule has 0 aromatic rings. The van der Waals surface area contributed by atoms with Crippen LogP contribution in [0.1, 0.15) is 6.42 Å². The Morgan fingerprint density at radius 3 is 2.67 bits per heavy atom. The van der Waals surface area contributed by atoms with Crippen LogP contribution in [0.5, 0.6) is 0 Å². The van der Waals surface area contributed by atoms with Crippen LogP contribution in [0.25, 0.3) is 0 Å². The van der Waals surface area contributed by atoms with Gasteiger partial charge in [0.05, 0.1) is 12.9 Å². The highest BCUT2D eigenvalue weighted by Gasteiger charge is 2.09. The molecule has 0 bridgehead atoms. The van der Waals surface area contributed by atoms with E-state index in [9.17, 15) is 0 Å². The fourth-order valence-electron chi connectivity index (χ4n) is 0.930. The summed E-state index contributed by atoms with van der Waals surface area (Å²) < 4.78 is 5.04. The molecule has 9 heavy (non-hydrogen) atoms. The van der Waals surface area contributed by atoms with Crippen molar-refractivity contribution in [1.29, 1.82) is 0 Å². The van der Waals surface area contributed by atoms with Crippen LogP contribution in [0.2, 0.25) is 0 Å². The van der Waals surface area contributed by atoms with Gasteiger partial charge in [-0.25, -0.2) is 0 Å². The second-order valence-electron chi connectivity index (χ2n) is 2.52. The molecule has 1 heterocycles. The van der Waals surface area contributed by atoms with Crippen LogP contribution in [-0.2, 0) is 4.74 Å². The van der Waals surface area contributed by atoms with E-state index in [4.69, 9.17) is 4.74 Å². The van der Waals surface area contributed by atoms with Crippen LogP contribution < -0.4 is 0 Å². The largest absolute Gasteiger partial charge is 0.501 e. The molecule has 0 saturated heterocycles. The van der Waals surface area contributed by atoms with Crippen molar-refractivity contribution in [2.75, 3.05) is 20.7 Å². The van der Waals surface area contributed by atoms with Crippen LogP contribution in [-0.4, -0.2) is 31.6 Å². The highest BCUT2D eigenvalue weighted by molar-refractivity contribution is 4.91. The molecule has 0 aliphatic carbocycles. The molecular weight excluding hydrogens is 114 g/mol. The topological polar surface area (TPSA) is 12.5 Å². The molecule has 0 amide bonds. The maximum Gasteiger partial charge on any atom is 0.0891 e. The molecule has 0 aromatic heterocycles. The first-order valence-corrected chi connectivity index (χ1v) is 3.25. The molecule has 2 heteroatoms. The third-order valence-corrected chi connectivity index (χ3v) is 1.59. The van der Waals surface area contributed by atoms with E-state index in [1.807, 2.05) is 0 Å². The second kappa shape index (κ2) is 2.87. The molecule has 0 fully saturated rings. The van der Waals surface area contributed by atoms with E-state index in [0.29, 0.717) is 6.04 Å². The Kier molecular flexibility index (Phi) is 2.11. The fraction of sp³-hybridized carbons (Fsp3) is 0.714. The van der Waals surface area contributed by atoms with Gasteiger partial charge in [-0.05, 0) is 20.2 Å². The van der Waals surface area contributed by atoms with Gasteiger partial charge in [-0.2, -0.15) is 0 Å². The van der Waals surface area contributed by atoms with Crippen molar-refractivity contribution >= 4 is 0 Å². The van der Waals surface area contributed by atoms with Crippen LogP contribution >= 0.6 is 0 Å². The molecule has 2 nitrogen and oxygen atoms in total. The SMILES string of the molecule is CN(C)C1C=COCC1. The monoisotopic (exact) mass is 127 g/mol. The van der Waals surface area contributed by atoms with Crippen molar-refractivity contribution in [3.05, 3.63) is 12.3 Å². The van der Waals surface area contributed by atoms with Crippen molar-refractivity contribution in [3.8, 4) is 0 Å². The first-order chi connectivity index (χ1) is 4.30. The van der Waals surface area contributed by atoms with E-state index in [1.54, 1.807) is 6.26 Å². The molecule has 0 spiro atoms. The van der Waals surface area contributed by atoms with Gasteiger partial charge in [0.25, 0.3) is 0 Å². The molecule has 0 aromatic carbocycles. The van der Waals surface area contributed by atoms with Crippen molar-refractivity contribution < 1.29 is 4.74 Å². The summed E-state index contributed by atoms with van der Waals surface area (Å²) in [5, 5.41) is 0. The highest BCUT2D eigenvalue weighted by atomic mass is 16.5. The molecule has 1 atom stereocenters. The Hall–Kier alpha value is -0.500. The van der Waals surface area contributed by atoms with Crippen LogP contribution in [0.4, 0.5) is 0 Å². The van der Waals surface area contributed by atoms with Crippen molar-refractivity contribution in [2.45, 2.75) is 12.5 Å². The molecule has 0 N–H and O–H groups in total. The first kappa shape index (κ1) is 6.62. The average molecular weight is 127 g/mol. The lowest BCUT2D eigenvalue weighted by molar-refractivity contribution is 0.182. The summed E-state index contributed by atoms with van der Waals surface area (Å²) in [5.74, 6) is 0. The highest BCUT2D eigenvalue weighted by Crippen LogP contribution is 2.06. The maximum atomic E-state index is 5.04. The minimum Gasteiger partial charge on any atom is -0.501 e. The number of likely N-dealkylation sites (N-methyl/N-ethyl adjacent to an activating group) is 1. The van der Waals surface area contributed by atoms with E-state index in [1.165, 1.54) is 0 Å². The normalized spacial score (nSPS) is 26.3. The van der Waals surface area contributed by atoms with Gasteiger partial charge in [0.2, 0.25) is 0 Å². The zero-order valence-corrected chi connectivity index (χ0v) is 6.00. The van der Waals surface area contributed by atoms with E-state index < -0.39 is 0 Å². The molecule has 1 rings (SSSR count). The summed E-state index contributed by atoms with van der Waals surface area (Å²) in [6.45, 7) is 0.860. The maximum absolute atomic E-state index is 5.04. The minimum absolute atomic E-state index is 0.582. The van der Waals surface area contributed by atoms with E-state index >= 15 is 0 Å². The number of ether oxygens (including phenoxy) is 1. The van der Waals surface area contributed by atoms with Gasteiger partial charge in [-0.1, -0.05) is 0 Å². The van der Waals surface area contributed by atoms with Crippen molar-refractivity contribution in [3.63, 3.8) is 0 Å². The quantitative estimate of drug-likeness (QED) is 0.517. The Bertz CT molecular complexity index is 109. The lowest BCUT2D eigenvalue weighted by Crippen LogP contribution is -2.28. The number of nitrogens with zero attached hydrogens (tertiary/aromatic N) is 1. The molecule has 1 aliphatic heterocycles. The minimum atomic E-state index is 0.582. The van der Waals surface area contributed by atoms with Gasteiger partial charge in [-0.3, -0.25) is 0 Å². The lowest BCUT2D eigenvalue weighted by Gasteiger charge is -2.23. The Labute approximate surface area is 56.1 Å². The Balaban J connectivity index is 2.40. The molecule has 0 radical (unpaired) electrons. The number of hydrogen-bond acceptors (Lipinski definition) is 2. The summed E-state index contributed by atoms with van der Waals surface area (Å²) in [5.41, 5.74) is 0.